The highest BCUT2D eigenvalue weighted by molar-refractivity contribution is 5.91. The second-order valence-electron chi connectivity index (χ2n) is 4.78. The van der Waals surface area contributed by atoms with E-state index in [9.17, 15) is 9.59 Å². The topological polar surface area (TPSA) is 84.0 Å². The Morgan fingerprint density at radius 3 is 1.45 bits per heavy atom. The van der Waals surface area contributed by atoms with E-state index in [2.05, 4.69) is 20.6 Å². The number of pyridine rings is 2. The quantitative estimate of drug-likeness (QED) is 0.770. The maximum Gasteiger partial charge on any atom is 0.224 e. The minimum absolute atomic E-state index is 0.0549. The highest BCUT2D eigenvalue weighted by atomic mass is 16.2. The van der Waals surface area contributed by atoms with Gasteiger partial charge in [0, 0.05) is 49.0 Å². The number of rotatable bonds is 7. The van der Waals surface area contributed by atoms with Crippen molar-refractivity contribution in [3.63, 3.8) is 0 Å². The third-order valence-electron chi connectivity index (χ3n) is 2.99. The maximum atomic E-state index is 11.7. The van der Waals surface area contributed by atoms with Crippen molar-refractivity contribution in [2.24, 2.45) is 0 Å². The molecule has 22 heavy (non-hydrogen) atoms. The number of hydrogen-bond acceptors (Lipinski definition) is 4. The van der Waals surface area contributed by atoms with Gasteiger partial charge in [0.25, 0.3) is 0 Å². The predicted octanol–water partition coefficient (Wildman–Crippen LogP) is 2.61. The van der Waals surface area contributed by atoms with Crippen LogP contribution in [0.5, 0.6) is 0 Å². The van der Waals surface area contributed by atoms with Gasteiger partial charge in [-0.05, 0) is 37.1 Å². The number of amides is 2. The highest BCUT2D eigenvalue weighted by Crippen LogP contribution is 2.08. The molecule has 0 atom stereocenters. The molecule has 0 bridgehead atoms. The van der Waals surface area contributed by atoms with Crippen LogP contribution in [0.4, 0.5) is 11.4 Å². The van der Waals surface area contributed by atoms with Crippen molar-refractivity contribution in [3.05, 3.63) is 49.1 Å². The Kier molecular flexibility index (Phi) is 6.04. The zero-order valence-electron chi connectivity index (χ0n) is 12.2. The molecule has 0 radical (unpaired) electrons. The standard InChI is InChI=1S/C16H18N4O2/c21-15(19-13-5-9-17-10-6-13)3-1-2-4-16(22)20-14-7-11-18-12-8-14/h5-12H,1-4H2,(H,17,19,21)(H,18,20,22). The Morgan fingerprint density at radius 1 is 0.727 bits per heavy atom. The Balaban J connectivity index is 1.60. The van der Waals surface area contributed by atoms with Crippen LogP contribution in [-0.4, -0.2) is 21.8 Å². The van der Waals surface area contributed by atoms with Gasteiger partial charge in [-0.2, -0.15) is 0 Å². The molecule has 0 aliphatic carbocycles. The van der Waals surface area contributed by atoms with E-state index in [-0.39, 0.29) is 11.8 Å². The van der Waals surface area contributed by atoms with E-state index in [1.807, 2.05) is 0 Å². The molecule has 114 valence electrons. The lowest BCUT2D eigenvalue weighted by atomic mass is 10.1. The van der Waals surface area contributed by atoms with Crippen molar-refractivity contribution in [2.45, 2.75) is 25.7 Å². The number of aromatic nitrogens is 2. The summed E-state index contributed by atoms with van der Waals surface area (Å²) in [5, 5.41) is 5.57. The monoisotopic (exact) mass is 298 g/mol. The van der Waals surface area contributed by atoms with Crippen molar-refractivity contribution in [1.82, 2.24) is 9.97 Å². The van der Waals surface area contributed by atoms with Crippen LogP contribution >= 0.6 is 0 Å². The Hall–Kier alpha value is -2.76. The van der Waals surface area contributed by atoms with E-state index in [1.165, 1.54) is 0 Å². The average Bonchev–Trinajstić information content (AvgIpc) is 2.53. The molecular formula is C16H18N4O2. The lowest BCUT2D eigenvalue weighted by Crippen LogP contribution is -2.13. The molecule has 2 amide bonds. The molecule has 0 unspecified atom stereocenters. The Bertz CT molecular complexity index is 547. The van der Waals surface area contributed by atoms with Gasteiger partial charge in [0.05, 0.1) is 0 Å². The largest absolute Gasteiger partial charge is 0.326 e. The van der Waals surface area contributed by atoms with E-state index < -0.39 is 0 Å². The summed E-state index contributed by atoms with van der Waals surface area (Å²) >= 11 is 0. The number of carbonyl (C=O) groups excluding carboxylic acids is 2. The van der Waals surface area contributed by atoms with Gasteiger partial charge in [0.1, 0.15) is 0 Å². The van der Waals surface area contributed by atoms with E-state index >= 15 is 0 Å². The molecule has 0 saturated heterocycles. The van der Waals surface area contributed by atoms with E-state index in [0.717, 1.165) is 11.4 Å². The zero-order chi connectivity index (χ0) is 15.6. The van der Waals surface area contributed by atoms with Crippen LogP contribution in [0.3, 0.4) is 0 Å². The van der Waals surface area contributed by atoms with Gasteiger partial charge in [-0.25, -0.2) is 0 Å². The summed E-state index contributed by atoms with van der Waals surface area (Å²) in [6.45, 7) is 0. The summed E-state index contributed by atoms with van der Waals surface area (Å²) in [6.07, 6.45) is 8.62. The first kappa shape index (κ1) is 15.6. The lowest BCUT2D eigenvalue weighted by Gasteiger charge is -2.06. The van der Waals surface area contributed by atoms with Gasteiger partial charge in [-0.1, -0.05) is 0 Å². The normalized spacial score (nSPS) is 10.0. The van der Waals surface area contributed by atoms with Crippen molar-refractivity contribution >= 4 is 23.2 Å². The smallest absolute Gasteiger partial charge is 0.224 e. The highest BCUT2D eigenvalue weighted by Gasteiger charge is 2.05. The summed E-state index contributed by atoms with van der Waals surface area (Å²) in [5.41, 5.74) is 1.46. The van der Waals surface area contributed by atoms with Gasteiger partial charge >= 0.3 is 0 Å². The number of anilines is 2. The molecule has 0 spiro atoms. The maximum absolute atomic E-state index is 11.7. The van der Waals surface area contributed by atoms with Crippen LogP contribution in [0.15, 0.2) is 49.1 Å². The predicted molar refractivity (Wildman–Crippen MR) is 84.2 cm³/mol. The number of unbranched alkanes of at least 4 members (excludes halogenated alkanes) is 1. The molecule has 2 N–H and O–H groups in total. The minimum atomic E-state index is -0.0549. The fraction of sp³-hybridized carbons (Fsp3) is 0.250. The zero-order valence-corrected chi connectivity index (χ0v) is 12.2. The fourth-order valence-electron chi connectivity index (χ4n) is 1.89. The molecule has 0 fully saturated rings. The molecule has 2 rings (SSSR count). The van der Waals surface area contributed by atoms with Crippen molar-refractivity contribution in [1.29, 1.82) is 0 Å². The fourth-order valence-corrected chi connectivity index (χ4v) is 1.89. The summed E-state index contributed by atoms with van der Waals surface area (Å²) in [7, 11) is 0. The van der Waals surface area contributed by atoms with Gasteiger partial charge < -0.3 is 10.6 Å². The first-order valence-corrected chi connectivity index (χ1v) is 7.14. The van der Waals surface area contributed by atoms with Crippen molar-refractivity contribution in [2.75, 3.05) is 10.6 Å². The third-order valence-corrected chi connectivity index (χ3v) is 2.99. The Labute approximate surface area is 129 Å². The van der Waals surface area contributed by atoms with Crippen molar-refractivity contribution in [3.8, 4) is 0 Å². The van der Waals surface area contributed by atoms with Crippen LogP contribution in [0.1, 0.15) is 25.7 Å². The SMILES string of the molecule is O=C(CCCCC(=O)Nc1ccncc1)Nc1ccncc1. The van der Waals surface area contributed by atoms with Crippen LogP contribution in [0.2, 0.25) is 0 Å². The molecule has 2 aromatic rings. The second-order valence-corrected chi connectivity index (χ2v) is 4.78. The summed E-state index contributed by atoms with van der Waals surface area (Å²) < 4.78 is 0. The molecular weight excluding hydrogens is 280 g/mol. The molecule has 2 heterocycles. The van der Waals surface area contributed by atoms with E-state index in [1.54, 1.807) is 49.1 Å². The summed E-state index contributed by atoms with van der Waals surface area (Å²) in [5.74, 6) is -0.110. The molecule has 2 aromatic heterocycles. The van der Waals surface area contributed by atoms with Gasteiger partial charge in [0.15, 0.2) is 0 Å². The molecule has 0 aliphatic rings. The summed E-state index contributed by atoms with van der Waals surface area (Å²) in [6, 6.07) is 6.94. The number of nitrogens with zero attached hydrogens (tertiary/aromatic N) is 2. The van der Waals surface area contributed by atoms with Crippen LogP contribution in [0.25, 0.3) is 0 Å². The second kappa shape index (κ2) is 8.51. The first-order valence-electron chi connectivity index (χ1n) is 7.14. The number of carbonyl (C=O) groups is 2. The molecule has 6 heteroatoms. The van der Waals surface area contributed by atoms with Crippen LogP contribution in [0, 0.1) is 0 Å². The van der Waals surface area contributed by atoms with E-state index in [0.29, 0.717) is 25.7 Å². The molecule has 0 aliphatic heterocycles. The van der Waals surface area contributed by atoms with E-state index in [4.69, 9.17) is 0 Å². The average molecular weight is 298 g/mol. The molecule has 0 aromatic carbocycles. The van der Waals surface area contributed by atoms with Crippen LogP contribution in [-0.2, 0) is 9.59 Å². The van der Waals surface area contributed by atoms with Crippen LogP contribution < -0.4 is 10.6 Å². The number of nitrogens with one attached hydrogen (secondary N) is 2. The number of hydrogen-bond donors (Lipinski definition) is 2. The van der Waals surface area contributed by atoms with Gasteiger partial charge in [-0.15, -0.1) is 0 Å². The van der Waals surface area contributed by atoms with Crippen molar-refractivity contribution < 1.29 is 9.59 Å². The Morgan fingerprint density at radius 2 is 1.09 bits per heavy atom. The molecule has 0 saturated carbocycles. The third kappa shape index (κ3) is 5.70. The first-order chi connectivity index (χ1) is 10.7. The molecule has 6 nitrogen and oxygen atoms in total. The van der Waals surface area contributed by atoms with Gasteiger partial charge in [-0.3, -0.25) is 19.6 Å². The lowest BCUT2D eigenvalue weighted by molar-refractivity contribution is -0.118. The van der Waals surface area contributed by atoms with Gasteiger partial charge in [0.2, 0.25) is 11.8 Å². The summed E-state index contributed by atoms with van der Waals surface area (Å²) in [4.78, 5) is 31.2. The minimum Gasteiger partial charge on any atom is -0.326 e.